The molecule has 114 valence electrons. The number of hydrogen-bond acceptors (Lipinski definition) is 5. The third-order valence-corrected chi connectivity index (χ3v) is 2.79. The van der Waals surface area contributed by atoms with Gasteiger partial charge in [0.1, 0.15) is 18.2 Å². The second-order valence-electron chi connectivity index (χ2n) is 5.23. The van der Waals surface area contributed by atoms with E-state index >= 15 is 0 Å². The Kier molecular flexibility index (Phi) is 7.95. The van der Waals surface area contributed by atoms with Gasteiger partial charge in [0.05, 0.1) is 0 Å². The van der Waals surface area contributed by atoms with Crippen molar-refractivity contribution >= 4 is 11.6 Å². The first-order chi connectivity index (χ1) is 9.65. The lowest BCUT2D eigenvalue weighted by molar-refractivity contribution is 0.128. The average molecular weight is 280 g/mol. The summed E-state index contributed by atoms with van der Waals surface area (Å²) in [5.41, 5.74) is 0. The molecule has 1 aromatic heterocycles. The van der Waals surface area contributed by atoms with Gasteiger partial charge < -0.3 is 15.4 Å². The molecular weight excluding hydrogens is 252 g/mol. The van der Waals surface area contributed by atoms with Crippen LogP contribution in [0.2, 0.25) is 0 Å². The molecular formula is C15H28N4O. The van der Waals surface area contributed by atoms with Crippen molar-refractivity contribution in [1.82, 2.24) is 9.97 Å². The monoisotopic (exact) mass is 280 g/mol. The third-order valence-electron chi connectivity index (χ3n) is 2.79. The van der Waals surface area contributed by atoms with E-state index in [-0.39, 0.29) is 0 Å². The van der Waals surface area contributed by atoms with Crippen LogP contribution in [0.25, 0.3) is 0 Å². The predicted molar refractivity (Wildman–Crippen MR) is 84.1 cm³/mol. The number of hydrogen-bond donors (Lipinski definition) is 2. The molecule has 5 nitrogen and oxygen atoms in total. The van der Waals surface area contributed by atoms with E-state index in [1.54, 1.807) is 0 Å². The Morgan fingerprint density at radius 1 is 1.10 bits per heavy atom. The van der Waals surface area contributed by atoms with Gasteiger partial charge in [0.2, 0.25) is 0 Å². The zero-order chi connectivity index (χ0) is 14.8. The largest absolute Gasteiger partial charge is 0.374 e. The van der Waals surface area contributed by atoms with Gasteiger partial charge in [-0.3, -0.25) is 0 Å². The second-order valence-corrected chi connectivity index (χ2v) is 5.23. The van der Waals surface area contributed by atoms with E-state index in [0.29, 0.717) is 19.1 Å². The summed E-state index contributed by atoms with van der Waals surface area (Å²) in [6.45, 7) is 11.5. The Hall–Kier alpha value is -1.36. The fourth-order valence-electron chi connectivity index (χ4n) is 1.68. The first kappa shape index (κ1) is 16.7. The minimum Gasteiger partial charge on any atom is -0.374 e. The van der Waals surface area contributed by atoms with Crippen LogP contribution in [-0.4, -0.2) is 29.7 Å². The molecule has 0 aliphatic carbocycles. The standard InChI is InChI=1S/C15H28N4O/c1-5-8-16-13-10-14(17-9-7-12(3)4)19-15(18-13)11-20-6-2/h10,12H,5-9,11H2,1-4H3,(H2,16,17,18,19). The van der Waals surface area contributed by atoms with Crippen molar-refractivity contribution in [2.45, 2.75) is 47.1 Å². The highest BCUT2D eigenvalue weighted by atomic mass is 16.5. The number of aromatic nitrogens is 2. The average Bonchev–Trinajstić information content (AvgIpc) is 2.42. The van der Waals surface area contributed by atoms with Crippen molar-refractivity contribution in [2.24, 2.45) is 5.92 Å². The number of rotatable bonds is 10. The Balaban J connectivity index is 2.68. The van der Waals surface area contributed by atoms with Crippen molar-refractivity contribution in [3.8, 4) is 0 Å². The molecule has 0 saturated carbocycles. The van der Waals surface area contributed by atoms with E-state index in [1.165, 1.54) is 0 Å². The molecule has 0 atom stereocenters. The highest BCUT2D eigenvalue weighted by Crippen LogP contribution is 2.13. The van der Waals surface area contributed by atoms with Crippen molar-refractivity contribution in [1.29, 1.82) is 0 Å². The highest BCUT2D eigenvalue weighted by Gasteiger charge is 2.05. The lowest BCUT2D eigenvalue weighted by Crippen LogP contribution is -2.11. The van der Waals surface area contributed by atoms with Gasteiger partial charge in [-0.05, 0) is 25.7 Å². The van der Waals surface area contributed by atoms with Gasteiger partial charge >= 0.3 is 0 Å². The summed E-state index contributed by atoms with van der Waals surface area (Å²) < 4.78 is 5.40. The van der Waals surface area contributed by atoms with E-state index in [0.717, 1.165) is 43.4 Å². The highest BCUT2D eigenvalue weighted by molar-refractivity contribution is 5.47. The van der Waals surface area contributed by atoms with Crippen LogP contribution in [0.3, 0.4) is 0 Å². The normalized spacial score (nSPS) is 10.8. The maximum atomic E-state index is 5.40. The van der Waals surface area contributed by atoms with Crippen molar-refractivity contribution in [2.75, 3.05) is 30.3 Å². The number of nitrogens with zero attached hydrogens (tertiary/aromatic N) is 2. The van der Waals surface area contributed by atoms with Gasteiger partial charge in [-0.2, -0.15) is 0 Å². The molecule has 0 unspecified atom stereocenters. The molecule has 0 bridgehead atoms. The number of nitrogens with one attached hydrogen (secondary N) is 2. The summed E-state index contributed by atoms with van der Waals surface area (Å²) >= 11 is 0. The first-order valence-corrected chi connectivity index (χ1v) is 7.59. The molecule has 5 heteroatoms. The molecule has 0 aromatic carbocycles. The van der Waals surface area contributed by atoms with Crippen molar-refractivity contribution in [3.05, 3.63) is 11.9 Å². The van der Waals surface area contributed by atoms with Crippen LogP contribution in [0.4, 0.5) is 11.6 Å². The van der Waals surface area contributed by atoms with E-state index in [9.17, 15) is 0 Å². The molecule has 0 fully saturated rings. The van der Waals surface area contributed by atoms with Crippen LogP contribution in [0.1, 0.15) is 46.4 Å². The summed E-state index contributed by atoms with van der Waals surface area (Å²) in [6, 6.07) is 1.96. The van der Waals surface area contributed by atoms with Gasteiger partial charge in [0.25, 0.3) is 0 Å². The Morgan fingerprint density at radius 3 is 2.30 bits per heavy atom. The lowest BCUT2D eigenvalue weighted by atomic mass is 10.1. The Labute approximate surface area is 122 Å². The topological polar surface area (TPSA) is 59.1 Å². The van der Waals surface area contributed by atoms with Gasteiger partial charge in [-0.1, -0.05) is 20.8 Å². The minimum absolute atomic E-state index is 0.455. The number of anilines is 2. The van der Waals surface area contributed by atoms with Crippen LogP contribution in [-0.2, 0) is 11.3 Å². The van der Waals surface area contributed by atoms with Gasteiger partial charge in [0.15, 0.2) is 5.82 Å². The molecule has 0 aliphatic heterocycles. The lowest BCUT2D eigenvalue weighted by Gasteiger charge is -2.12. The summed E-state index contributed by atoms with van der Waals surface area (Å²) in [4.78, 5) is 8.95. The molecule has 1 rings (SSSR count). The van der Waals surface area contributed by atoms with E-state index in [1.807, 2.05) is 13.0 Å². The molecule has 20 heavy (non-hydrogen) atoms. The van der Waals surface area contributed by atoms with Crippen LogP contribution < -0.4 is 10.6 Å². The van der Waals surface area contributed by atoms with E-state index in [2.05, 4.69) is 41.4 Å². The van der Waals surface area contributed by atoms with Gasteiger partial charge in [-0.15, -0.1) is 0 Å². The molecule has 0 spiro atoms. The summed E-state index contributed by atoms with van der Waals surface area (Å²) in [6.07, 6.45) is 2.20. The van der Waals surface area contributed by atoms with E-state index < -0.39 is 0 Å². The quantitative estimate of drug-likeness (QED) is 0.688. The molecule has 0 aliphatic rings. The maximum Gasteiger partial charge on any atom is 0.158 e. The molecule has 1 heterocycles. The first-order valence-electron chi connectivity index (χ1n) is 7.59. The smallest absolute Gasteiger partial charge is 0.158 e. The van der Waals surface area contributed by atoms with Crippen molar-refractivity contribution in [3.63, 3.8) is 0 Å². The molecule has 0 radical (unpaired) electrons. The van der Waals surface area contributed by atoms with Crippen LogP contribution in [0.15, 0.2) is 6.07 Å². The van der Waals surface area contributed by atoms with E-state index in [4.69, 9.17) is 4.74 Å². The molecule has 0 amide bonds. The fourth-order valence-corrected chi connectivity index (χ4v) is 1.68. The maximum absolute atomic E-state index is 5.40. The second kappa shape index (κ2) is 9.53. The minimum atomic E-state index is 0.455. The molecule has 0 saturated heterocycles. The summed E-state index contributed by atoms with van der Waals surface area (Å²) in [7, 11) is 0. The zero-order valence-electron chi connectivity index (χ0n) is 13.2. The van der Waals surface area contributed by atoms with Crippen LogP contribution in [0, 0.1) is 5.92 Å². The van der Waals surface area contributed by atoms with Crippen molar-refractivity contribution < 1.29 is 4.74 Å². The fraction of sp³-hybridized carbons (Fsp3) is 0.733. The summed E-state index contributed by atoms with van der Waals surface area (Å²) in [5.74, 6) is 3.14. The molecule has 1 aromatic rings. The Morgan fingerprint density at radius 2 is 1.75 bits per heavy atom. The van der Waals surface area contributed by atoms with Gasteiger partial charge in [-0.25, -0.2) is 9.97 Å². The summed E-state index contributed by atoms with van der Waals surface area (Å²) in [5, 5.41) is 6.67. The van der Waals surface area contributed by atoms with Gasteiger partial charge in [0, 0.05) is 25.8 Å². The van der Waals surface area contributed by atoms with Crippen LogP contribution in [0.5, 0.6) is 0 Å². The van der Waals surface area contributed by atoms with Crippen LogP contribution >= 0.6 is 0 Å². The number of ether oxygens (including phenoxy) is 1. The SMILES string of the molecule is CCCNc1cc(NCCC(C)C)nc(COCC)n1. The predicted octanol–water partition coefficient (Wildman–Crippen LogP) is 3.29. The molecule has 2 N–H and O–H groups in total. The Bertz CT molecular complexity index is 356. The zero-order valence-corrected chi connectivity index (χ0v) is 13.2. The third kappa shape index (κ3) is 6.70.